The summed E-state index contributed by atoms with van der Waals surface area (Å²) in [4.78, 5) is 0. The maximum absolute atomic E-state index is 5.57. The van der Waals surface area contributed by atoms with Gasteiger partial charge >= 0.3 is 0 Å². The Bertz CT molecular complexity index is 180. The molecule has 2 unspecified atom stereocenters. The summed E-state index contributed by atoms with van der Waals surface area (Å²) in [5.74, 6) is 0. The van der Waals surface area contributed by atoms with Crippen LogP contribution in [0, 0.1) is 0 Å². The molecule has 0 amide bonds. The Balaban J connectivity index is 1.77. The first-order valence-corrected chi connectivity index (χ1v) is 4.05. The van der Waals surface area contributed by atoms with Crippen LogP contribution in [-0.2, 0) is 9.47 Å². The summed E-state index contributed by atoms with van der Waals surface area (Å²) in [6.45, 7) is 0.858. The van der Waals surface area contributed by atoms with Gasteiger partial charge in [-0.05, 0) is 6.42 Å². The van der Waals surface area contributed by atoms with E-state index in [1.165, 1.54) is 0 Å². The van der Waals surface area contributed by atoms with Crippen molar-refractivity contribution >= 4 is 0 Å². The van der Waals surface area contributed by atoms with Gasteiger partial charge in [-0.15, -0.1) is 0 Å². The molecule has 1 heterocycles. The minimum absolute atomic E-state index is 0.0659. The van der Waals surface area contributed by atoms with Gasteiger partial charge in [0, 0.05) is 6.42 Å². The van der Waals surface area contributed by atoms with Gasteiger partial charge in [-0.1, -0.05) is 24.3 Å². The fourth-order valence-corrected chi connectivity index (χ4v) is 1.18. The third kappa shape index (κ3) is 1.70. The molecule has 0 saturated carbocycles. The molecular formula is C9H12O2. The van der Waals surface area contributed by atoms with E-state index in [9.17, 15) is 0 Å². The summed E-state index contributed by atoms with van der Waals surface area (Å²) in [6.07, 6.45) is 10.6. The molecule has 1 aliphatic carbocycles. The molecule has 11 heavy (non-hydrogen) atoms. The molecule has 0 N–H and O–H groups in total. The molecule has 2 rings (SSSR count). The van der Waals surface area contributed by atoms with Crippen molar-refractivity contribution in [3.8, 4) is 0 Å². The number of hydrogen-bond acceptors (Lipinski definition) is 2. The number of hydrogen-bond donors (Lipinski definition) is 0. The van der Waals surface area contributed by atoms with Gasteiger partial charge < -0.3 is 9.47 Å². The van der Waals surface area contributed by atoms with E-state index in [2.05, 4.69) is 12.2 Å². The molecule has 0 aromatic heterocycles. The van der Waals surface area contributed by atoms with E-state index in [0.29, 0.717) is 0 Å². The lowest BCUT2D eigenvalue weighted by Crippen LogP contribution is -2.33. The van der Waals surface area contributed by atoms with Crippen LogP contribution in [0.3, 0.4) is 0 Å². The Morgan fingerprint density at radius 3 is 2.82 bits per heavy atom. The maximum Gasteiger partial charge on any atom is 0.160 e. The molecule has 0 bridgehead atoms. The molecular weight excluding hydrogens is 140 g/mol. The summed E-state index contributed by atoms with van der Waals surface area (Å²) in [5.41, 5.74) is 0. The lowest BCUT2D eigenvalue weighted by atomic mass is 10.1. The Morgan fingerprint density at radius 2 is 2.27 bits per heavy atom. The first-order chi connectivity index (χ1) is 5.45. The standard InChI is InChI=1S/C9H12O2/c1-2-4-8(5-3-1)11-9-6-7-10-9/h1-4,8-9H,5-7H2. The zero-order chi connectivity index (χ0) is 7.52. The molecule has 2 heteroatoms. The predicted molar refractivity (Wildman–Crippen MR) is 42.1 cm³/mol. The lowest BCUT2D eigenvalue weighted by molar-refractivity contribution is -0.227. The molecule has 2 nitrogen and oxygen atoms in total. The van der Waals surface area contributed by atoms with E-state index in [4.69, 9.17) is 9.47 Å². The molecule has 2 atom stereocenters. The van der Waals surface area contributed by atoms with Crippen molar-refractivity contribution in [3.63, 3.8) is 0 Å². The first kappa shape index (κ1) is 7.07. The highest BCUT2D eigenvalue weighted by atomic mass is 16.7. The Hall–Kier alpha value is -0.600. The second-order valence-electron chi connectivity index (χ2n) is 2.81. The molecule has 0 radical (unpaired) electrons. The average Bonchev–Trinajstić information content (AvgIpc) is 1.99. The Labute approximate surface area is 66.5 Å². The largest absolute Gasteiger partial charge is 0.352 e. The fourth-order valence-electron chi connectivity index (χ4n) is 1.18. The van der Waals surface area contributed by atoms with Gasteiger partial charge in [0.2, 0.25) is 0 Å². The smallest absolute Gasteiger partial charge is 0.160 e. The Kier molecular flexibility index (Phi) is 2.06. The maximum atomic E-state index is 5.57. The highest BCUT2D eigenvalue weighted by Gasteiger charge is 2.21. The van der Waals surface area contributed by atoms with Gasteiger partial charge in [0.25, 0.3) is 0 Å². The van der Waals surface area contributed by atoms with E-state index in [-0.39, 0.29) is 12.4 Å². The molecule has 2 aliphatic rings. The first-order valence-electron chi connectivity index (χ1n) is 4.05. The van der Waals surface area contributed by atoms with Crippen LogP contribution in [-0.4, -0.2) is 19.0 Å². The van der Waals surface area contributed by atoms with Crippen LogP contribution in [0.5, 0.6) is 0 Å². The summed E-state index contributed by atoms with van der Waals surface area (Å²) in [6, 6.07) is 0. The number of ether oxygens (including phenoxy) is 2. The number of rotatable bonds is 2. The summed E-state index contributed by atoms with van der Waals surface area (Å²) in [7, 11) is 0. The summed E-state index contributed by atoms with van der Waals surface area (Å²) < 4.78 is 10.7. The van der Waals surface area contributed by atoms with Crippen LogP contribution in [0.15, 0.2) is 24.3 Å². The van der Waals surface area contributed by atoms with Crippen molar-refractivity contribution in [2.75, 3.05) is 6.61 Å². The van der Waals surface area contributed by atoms with Crippen molar-refractivity contribution in [2.24, 2.45) is 0 Å². The van der Waals surface area contributed by atoms with Gasteiger partial charge in [-0.3, -0.25) is 0 Å². The summed E-state index contributed by atoms with van der Waals surface area (Å²) >= 11 is 0. The molecule has 1 aliphatic heterocycles. The van der Waals surface area contributed by atoms with Crippen LogP contribution >= 0.6 is 0 Å². The molecule has 1 saturated heterocycles. The molecule has 60 valence electrons. The zero-order valence-electron chi connectivity index (χ0n) is 6.40. The van der Waals surface area contributed by atoms with E-state index >= 15 is 0 Å². The van der Waals surface area contributed by atoms with Crippen molar-refractivity contribution in [2.45, 2.75) is 25.2 Å². The second kappa shape index (κ2) is 3.20. The topological polar surface area (TPSA) is 18.5 Å². The van der Waals surface area contributed by atoms with Crippen LogP contribution in [0.25, 0.3) is 0 Å². The minimum atomic E-state index is 0.0659. The van der Waals surface area contributed by atoms with Gasteiger partial charge in [-0.25, -0.2) is 0 Å². The third-order valence-electron chi connectivity index (χ3n) is 1.93. The second-order valence-corrected chi connectivity index (χ2v) is 2.81. The van der Waals surface area contributed by atoms with Crippen molar-refractivity contribution < 1.29 is 9.47 Å². The molecule has 0 aromatic carbocycles. The monoisotopic (exact) mass is 152 g/mol. The van der Waals surface area contributed by atoms with E-state index < -0.39 is 0 Å². The molecule has 0 spiro atoms. The van der Waals surface area contributed by atoms with E-state index in [1.54, 1.807) is 0 Å². The normalized spacial score (nSPS) is 35.3. The lowest BCUT2D eigenvalue weighted by Gasteiger charge is -2.29. The van der Waals surface area contributed by atoms with Gasteiger partial charge in [0.15, 0.2) is 6.29 Å². The van der Waals surface area contributed by atoms with Crippen LogP contribution in [0.1, 0.15) is 12.8 Å². The van der Waals surface area contributed by atoms with E-state index in [1.807, 2.05) is 12.2 Å². The third-order valence-corrected chi connectivity index (χ3v) is 1.93. The van der Waals surface area contributed by atoms with Crippen molar-refractivity contribution in [1.82, 2.24) is 0 Å². The molecule has 1 fully saturated rings. The average molecular weight is 152 g/mol. The van der Waals surface area contributed by atoms with Gasteiger partial charge in [0.1, 0.15) is 0 Å². The predicted octanol–water partition coefficient (Wildman–Crippen LogP) is 1.63. The van der Waals surface area contributed by atoms with Crippen LogP contribution in [0.2, 0.25) is 0 Å². The van der Waals surface area contributed by atoms with Gasteiger partial charge in [-0.2, -0.15) is 0 Å². The fraction of sp³-hybridized carbons (Fsp3) is 0.556. The minimum Gasteiger partial charge on any atom is -0.352 e. The van der Waals surface area contributed by atoms with Crippen LogP contribution < -0.4 is 0 Å². The summed E-state index contributed by atoms with van der Waals surface area (Å²) in [5, 5.41) is 0. The van der Waals surface area contributed by atoms with Gasteiger partial charge in [0.05, 0.1) is 12.7 Å². The zero-order valence-corrected chi connectivity index (χ0v) is 6.40. The highest BCUT2D eigenvalue weighted by molar-refractivity contribution is 5.11. The van der Waals surface area contributed by atoms with Crippen LogP contribution in [0.4, 0.5) is 0 Å². The van der Waals surface area contributed by atoms with Crippen molar-refractivity contribution in [3.05, 3.63) is 24.3 Å². The van der Waals surface area contributed by atoms with Crippen molar-refractivity contribution in [1.29, 1.82) is 0 Å². The molecule has 0 aromatic rings. The Morgan fingerprint density at radius 1 is 1.36 bits per heavy atom. The number of allylic oxidation sites excluding steroid dienone is 2. The quantitative estimate of drug-likeness (QED) is 0.598. The van der Waals surface area contributed by atoms with E-state index in [0.717, 1.165) is 19.4 Å². The SMILES string of the molecule is C1=CCC(OC2CCO2)C=C1. The highest BCUT2D eigenvalue weighted by Crippen LogP contribution is 2.18.